The number of nitrogens with zero attached hydrogens (tertiary/aromatic N) is 1. The highest BCUT2D eigenvalue weighted by Gasteiger charge is 2.33. The highest BCUT2D eigenvalue weighted by molar-refractivity contribution is 5.89. The van der Waals surface area contributed by atoms with Gasteiger partial charge >= 0.3 is 0 Å². The van der Waals surface area contributed by atoms with Crippen molar-refractivity contribution < 1.29 is 14.3 Å². The zero-order chi connectivity index (χ0) is 12.8. The van der Waals surface area contributed by atoms with Gasteiger partial charge in [-0.1, -0.05) is 0 Å². The molecule has 0 saturated carbocycles. The molecule has 1 saturated heterocycles. The molecule has 17 heavy (non-hydrogen) atoms. The summed E-state index contributed by atoms with van der Waals surface area (Å²) < 4.78 is 5.30. The van der Waals surface area contributed by atoms with E-state index < -0.39 is 6.10 Å². The number of piperidine rings is 1. The number of hydrogen-bond donors (Lipinski definition) is 1. The fourth-order valence-electron chi connectivity index (χ4n) is 2.19. The molecule has 0 aromatic heterocycles. The van der Waals surface area contributed by atoms with Gasteiger partial charge < -0.3 is 15.0 Å². The number of rotatable bonds is 4. The largest absolute Gasteiger partial charge is 0.369 e. The lowest BCUT2D eigenvalue weighted by molar-refractivity contribution is -0.150. The first-order valence-corrected chi connectivity index (χ1v) is 6.25. The van der Waals surface area contributed by atoms with Crippen molar-refractivity contribution in [2.45, 2.75) is 45.3 Å². The van der Waals surface area contributed by atoms with Gasteiger partial charge in [0.2, 0.25) is 5.91 Å². The Morgan fingerprint density at radius 3 is 2.76 bits per heavy atom. The van der Waals surface area contributed by atoms with E-state index in [1.807, 2.05) is 6.92 Å². The van der Waals surface area contributed by atoms with Crippen molar-refractivity contribution in [2.75, 3.05) is 20.2 Å². The molecule has 98 valence electrons. The topological polar surface area (TPSA) is 58.6 Å². The molecule has 0 spiro atoms. The summed E-state index contributed by atoms with van der Waals surface area (Å²) in [4.78, 5) is 25.5. The molecule has 0 unspecified atom stereocenters. The summed E-state index contributed by atoms with van der Waals surface area (Å²) in [7, 11) is 1.60. The normalized spacial score (nSPS) is 22.1. The van der Waals surface area contributed by atoms with Crippen molar-refractivity contribution in [2.24, 2.45) is 0 Å². The predicted molar refractivity (Wildman–Crippen MR) is 64.5 cm³/mol. The molecule has 5 nitrogen and oxygen atoms in total. The maximum Gasteiger partial charge on any atom is 0.252 e. The molecule has 2 atom stereocenters. The lowest BCUT2D eigenvalue weighted by Crippen LogP contribution is -2.53. The number of nitrogens with one attached hydrogen (secondary N) is 1. The van der Waals surface area contributed by atoms with Crippen molar-refractivity contribution in [3.8, 4) is 0 Å². The minimum absolute atomic E-state index is 0.0817. The van der Waals surface area contributed by atoms with Gasteiger partial charge in [0.25, 0.3) is 5.91 Å². The maximum absolute atomic E-state index is 12.1. The van der Waals surface area contributed by atoms with E-state index in [1.165, 1.54) is 0 Å². The van der Waals surface area contributed by atoms with Gasteiger partial charge in [-0.2, -0.15) is 0 Å². The summed E-state index contributed by atoms with van der Waals surface area (Å²) in [5.74, 6) is -0.165. The lowest BCUT2D eigenvalue weighted by atomic mass is 10.0. The summed E-state index contributed by atoms with van der Waals surface area (Å²) in [5.41, 5.74) is 0. The van der Waals surface area contributed by atoms with E-state index in [1.54, 1.807) is 18.9 Å². The number of carbonyl (C=O) groups excluding carboxylic acids is 2. The Labute approximate surface area is 102 Å². The van der Waals surface area contributed by atoms with Crippen LogP contribution in [0, 0.1) is 0 Å². The quantitative estimate of drug-likeness (QED) is 0.782. The van der Waals surface area contributed by atoms with Crippen LogP contribution in [0.2, 0.25) is 0 Å². The molecule has 1 fully saturated rings. The Bertz CT molecular complexity index is 281. The molecule has 1 aliphatic heterocycles. The second-order valence-corrected chi connectivity index (χ2v) is 4.26. The predicted octanol–water partition coefficient (Wildman–Crippen LogP) is 0.539. The monoisotopic (exact) mass is 242 g/mol. The van der Waals surface area contributed by atoms with Crippen LogP contribution in [0.25, 0.3) is 0 Å². The molecule has 2 amide bonds. The third-order valence-electron chi connectivity index (χ3n) is 3.10. The summed E-state index contributed by atoms with van der Waals surface area (Å²) in [6.07, 6.45) is 2.22. The van der Waals surface area contributed by atoms with Crippen LogP contribution in [0.5, 0.6) is 0 Å². The third-order valence-corrected chi connectivity index (χ3v) is 3.10. The van der Waals surface area contributed by atoms with Gasteiger partial charge in [-0.3, -0.25) is 9.59 Å². The van der Waals surface area contributed by atoms with Crippen LogP contribution in [0.15, 0.2) is 0 Å². The zero-order valence-electron chi connectivity index (χ0n) is 10.9. The molecule has 0 aromatic rings. The van der Waals surface area contributed by atoms with Crippen LogP contribution < -0.4 is 5.32 Å². The van der Waals surface area contributed by atoms with E-state index in [2.05, 4.69) is 5.32 Å². The fourth-order valence-corrected chi connectivity index (χ4v) is 2.19. The number of likely N-dealkylation sites (N-methyl/N-ethyl adjacent to an activating group) is 1. The van der Waals surface area contributed by atoms with Crippen molar-refractivity contribution in [1.82, 2.24) is 10.2 Å². The van der Waals surface area contributed by atoms with Gasteiger partial charge in [-0.25, -0.2) is 0 Å². The van der Waals surface area contributed by atoms with E-state index in [4.69, 9.17) is 4.74 Å². The molecule has 1 heterocycles. The molecule has 5 heteroatoms. The number of amides is 2. The number of likely N-dealkylation sites (tertiary alicyclic amines) is 1. The molecule has 1 N–H and O–H groups in total. The van der Waals surface area contributed by atoms with E-state index in [-0.39, 0.29) is 17.9 Å². The Morgan fingerprint density at radius 1 is 1.47 bits per heavy atom. The van der Waals surface area contributed by atoms with Gasteiger partial charge in [0.15, 0.2) is 0 Å². The Kier molecular flexibility index (Phi) is 5.41. The summed E-state index contributed by atoms with van der Waals surface area (Å²) >= 11 is 0. The van der Waals surface area contributed by atoms with Gasteiger partial charge in [0, 0.05) is 20.2 Å². The van der Waals surface area contributed by atoms with E-state index in [9.17, 15) is 9.59 Å². The van der Waals surface area contributed by atoms with Gasteiger partial charge in [0.05, 0.1) is 0 Å². The lowest BCUT2D eigenvalue weighted by Gasteiger charge is -2.35. The summed E-state index contributed by atoms with van der Waals surface area (Å²) in [6, 6.07) is -0.329. The van der Waals surface area contributed by atoms with Crippen LogP contribution >= 0.6 is 0 Å². The van der Waals surface area contributed by atoms with Crippen molar-refractivity contribution >= 4 is 11.8 Å². The molecule has 1 rings (SSSR count). The highest BCUT2D eigenvalue weighted by Crippen LogP contribution is 2.18. The minimum atomic E-state index is -0.467. The zero-order valence-corrected chi connectivity index (χ0v) is 10.9. The van der Waals surface area contributed by atoms with Gasteiger partial charge in [0.1, 0.15) is 12.1 Å². The van der Waals surface area contributed by atoms with Crippen LogP contribution in [-0.2, 0) is 14.3 Å². The Balaban J connectivity index is 2.70. The Hall–Kier alpha value is -1.10. The molecule has 0 aliphatic carbocycles. The average molecular weight is 242 g/mol. The highest BCUT2D eigenvalue weighted by atomic mass is 16.5. The molecule has 1 aliphatic rings. The first kappa shape index (κ1) is 14.0. The second kappa shape index (κ2) is 6.59. The van der Waals surface area contributed by atoms with Gasteiger partial charge in [-0.15, -0.1) is 0 Å². The number of ether oxygens (including phenoxy) is 1. The SMILES string of the molecule is CCO[C@@H](C)C(=O)N1CCCC[C@@H]1C(=O)NC. The summed E-state index contributed by atoms with van der Waals surface area (Å²) in [6.45, 7) is 4.75. The molecular formula is C12H22N2O3. The van der Waals surface area contributed by atoms with E-state index in [0.29, 0.717) is 13.2 Å². The van der Waals surface area contributed by atoms with E-state index in [0.717, 1.165) is 19.3 Å². The van der Waals surface area contributed by atoms with Crippen LogP contribution in [0.1, 0.15) is 33.1 Å². The standard InChI is InChI=1S/C12H22N2O3/c1-4-17-9(2)12(16)14-8-6-5-7-10(14)11(15)13-3/h9-10H,4-8H2,1-3H3,(H,13,15)/t9-,10+/m0/s1. The maximum atomic E-state index is 12.1. The third kappa shape index (κ3) is 3.43. The average Bonchev–Trinajstić information content (AvgIpc) is 2.37. The van der Waals surface area contributed by atoms with Crippen LogP contribution in [0.4, 0.5) is 0 Å². The molecule has 0 aromatic carbocycles. The summed E-state index contributed by atoms with van der Waals surface area (Å²) in [5, 5.41) is 2.62. The van der Waals surface area contributed by atoms with Crippen molar-refractivity contribution in [3.05, 3.63) is 0 Å². The molecular weight excluding hydrogens is 220 g/mol. The van der Waals surface area contributed by atoms with Gasteiger partial charge in [-0.05, 0) is 33.1 Å². The first-order valence-electron chi connectivity index (χ1n) is 6.25. The van der Waals surface area contributed by atoms with E-state index >= 15 is 0 Å². The minimum Gasteiger partial charge on any atom is -0.369 e. The number of hydrogen-bond acceptors (Lipinski definition) is 3. The molecule has 0 bridgehead atoms. The first-order chi connectivity index (χ1) is 8.11. The smallest absolute Gasteiger partial charge is 0.252 e. The Morgan fingerprint density at radius 2 is 2.18 bits per heavy atom. The van der Waals surface area contributed by atoms with Crippen molar-refractivity contribution in [3.63, 3.8) is 0 Å². The van der Waals surface area contributed by atoms with Crippen LogP contribution in [0.3, 0.4) is 0 Å². The number of carbonyl (C=O) groups is 2. The molecule has 0 radical (unpaired) electrons. The fraction of sp³-hybridized carbons (Fsp3) is 0.833. The van der Waals surface area contributed by atoms with Crippen LogP contribution in [-0.4, -0.2) is 49.1 Å². The van der Waals surface area contributed by atoms with Crippen molar-refractivity contribution in [1.29, 1.82) is 0 Å². The second-order valence-electron chi connectivity index (χ2n) is 4.26.